The first kappa shape index (κ1) is 14.1. The summed E-state index contributed by atoms with van der Waals surface area (Å²) in [7, 11) is 0. The Morgan fingerprint density at radius 1 is 1.26 bits per heavy atom. The second-order valence-electron chi connectivity index (χ2n) is 5.98. The normalized spacial score (nSPS) is 15.4. The topological polar surface area (TPSA) is 70.1 Å². The lowest BCUT2D eigenvalue weighted by Gasteiger charge is -2.22. The lowest BCUT2D eigenvalue weighted by Crippen LogP contribution is -2.27. The van der Waals surface area contributed by atoms with Gasteiger partial charge in [-0.1, -0.05) is 13.8 Å². The van der Waals surface area contributed by atoms with E-state index in [2.05, 4.69) is 27.5 Å². The van der Waals surface area contributed by atoms with Crippen molar-refractivity contribution < 1.29 is 5.11 Å². The molecule has 0 saturated heterocycles. The van der Waals surface area contributed by atoms with Crippen molar-refractivity contribution in [1.29, 1.82) is 0 Å². The van der Waals surface area contributed by atoms with Gasteiger partial charge in [-0.2, -0.15) is 0 Å². The lowest BCUT2D eigenvalue weighted by molar-refractivity contribution is 0.170. The zero-order valence-corrected chi connectivity index (χ0v) is 12.0. The van der Waals surface area contributed by atoms with E-state index in [4.69, 9.17) is 0 Å². The van der Waals surface area contributed by atoms with Gasteiger partial charge >= 0.3 is 0 Å². The highest BCUT2D eigenvalue weighted by Gasteiger charge is 2.27. The maximum Gasteiger partial charge on any atom is 0.136 e. The van der Waals surface area contributed by atoms with Gasteiger partial charge in [-0.15, -0.1) is 0 Å². The van der Waals surface area contributed by atoms with Crippen LogP contribution in [0.2, 0.25) is 0 Å². The first-order chi connectivity index (χ1) is 9.04. The summed E-state index contributed by atoms with van der Waals surface area (Å²) in [4.78, 5) is 9.11. The van der Waals surface area contributed by atoms with Gasteiger partial charge in [-0.05, 0) is 19.8 Å². The molecule has 1 aliphatic rings. The number of hydrogen-bond donors (Lipinski definition) is 3. The lowest BCUT2D eigenvalue weighted by atomic mass is 9.95. The Morgan fingerprint density at radius 3 is 2.42 bits per heavy atom. The monoisotopic (exact) mass is 264 g/mol. The zero-order chi connectivity index (χ0) is 13.9. The minimum absolute atomic E-state index is 0.150. The van der Waals surface area contributed by atoms with Crippen molar-refractivity contribution in [2.75, 3.05) is 30.3 Å². The van der Waals surface area contributed by atoms with Gasteiger partial charge in [0.1, 0.15) is 17.5 Å². The van der Waals surface area contributed by atoms with Crippen molar-refractivity contribution in [3.05, 3.63) is 11.9 Å². The van der Waals surface area contributed by atoms with Gasteiger partial charge in [0.25, 0.3) is 0 Å². The van der Waals surface area contributed by atoms with Crippen LogP contribution in [-0.4, -0.2) is 34.8 Å². The molecular weight excluding hydrogens is 240 g/mol. The molecular formula is C14H24N4O. The Balaban J connectivity index is 2.09. The Labute approximate surface area is 114 Å². The van der Waals surface area contributed by atoms with Gasteiger partial charge in [0.2, 0.25) is 0 Å². The smallest absolute Gasteiger partial charge is 0.136 e. The predicted molar refractivity (Wildman–Crippen MR) is 77.5 cm³/mol. The fourth-order valence-corrected chi connectivity index (χ4v) is 1.74. The van der Waals surface area contributed by atoms with E-state index in [0.717, 1.165) is 24.0 Å². The summed E-state index contributed by atoms with van der Waals surface area (Å²) in [5, 5.41) is 15.8. The number of rotatable bonds is 7. The average molecular weight is 264 g/mol. The highest BCUT2D eigenvalue weighted by molar-refractivity contribution is 5.48. The van der Waals surface area contributed by atoms with Gasteiger partial charge in [0.05, 0.1) is 0 Å². The zero-order valence-electron chi connectivity index (χ0n) is 12.0. The second-order valence-corrected chi connectivity index (χ2v) is 5.98. The molecule has 0 amide bonds. The van der Waals surface area contributed by atoms with E-state index in [0.29, 0.717) is 12.5 Å². The number of aliphatic hydroxyl groups excluding tert-OH is 1. The molecule has 0 spiro atoms. The summed E-state index contributed by atoms with van der Waals surface area (Å²) in [6, 6.07) is 1.93. The summed E-state index contributed by atoms with van der Waals surface area (Å²) < 4.78 is 0. The number of hydrogen-bond acceptors (Lipinski definition) is 5. The Morgan fingerprint density at radius 2 is 1.89 bits per heavy atom. The Hall–Kier alpha value is -1.36. The largest absolute Gasteiger partial charge is 0.396 e. The summed E-state index contributed by atoms with van der Waals surface area (Å²) in [6.07, 6.45) is 2.38. The van der Waals surface area contributed by atoms with Gasteiger partial charge < -0.3 is 15.7 Å². The molecule has 5 heteroatoms. The van der Waals surface area contributed by atoms with Crippen LogP contribution in [0.3, 0.4) is 0 Å². The molecule has 0 atom stereocenters. The fraction of sp³-hybridized carbons (Fsp3) is 0.714. The molecule has 1 aromatic rings. The maximum absolute atomic E-state index is 9.28. The maximum atomic E-state index is 9.28. The number of aromatic nitrogens is 2. The van der Waals surface area contributed by atoms with Crippen LogP contribution in [-0.2, 0) is 0 Å². The van der Waals surface area contributed by atoms with Gasteiger partial charge in [0, 0.05) is 37.1 Å². The fourth-order valence-electron chi connectivity index (χ4n) is 1.74. The molecule has 0 aromatic carbocycles. The highest BCUT2D eigenvalue weighted by Crippen LogP contribution is 2.38. The number of aliphatic hydroxyl groups is 1. The van der Waals surface area contributed by atoms with E-state index in [1.807, 2.05) is 19.9 Å². The van der Waals surface area contributed by atoms with Crippen molar-refractivity contribution in [3.8, 4) is 0 Å². The molecule has 1 fully saturated rings. The van der Waals surface area contributed by atoms with E-state index in [-0.39, 0.29) is 12.0 Å². The Kier molecular flexibility index (Phi) is 4.24. The molecule has 0 radical (unpaired) electrons. The highest BCUT2D eigenvalue weighted by atomic mass is 16.3. The molecule has 19 heavy (non-hydrogen) atoms. The van der Waals surface area contributed by atoms with E-state index in [1.54, 1.807) is 0 Å². The number of anilines is 2. The molecule has 3 N–H and O–H groups in total. The van der Waals surface area contributed by atoms with Crippen LogP contribution in [0.15, 0.2) is 6.07 Å². The van der Waals surface area contributed by atoms with Crippen molar-refractivity contribution in [3.63, 3.8) is 0 Å². The van der Waals surface area contributed by atoms with Crippen LogP contribution in [0.5, 0.6) is 0 Å². The molecule has 1 aromatic heterocycles. The van der Waals surface area contributed by atoms with Crippen LogP contribution in [0.25, 0.3) is 0 Å². The van der Waals surface area contributed by atoms with E-state index < -0.39 is 0 Å². The van der Waals surface area contributed by atoms with Crippen molar-refractivity contribution >= 4 is 11.6 Å². The molecule has 0 aliphatic heterocycles. The standard InChI is InChI=1S/C14H24N4O/c1-4-15-11-7-12(16-8-14(2,3)9-19)18-13(17-11)10-5-6-10/h7,10,19H,4-6,8-9H2,1-3H3,(H2,15,16,17,18). The first-order valence-electron chi connectivity index (χ1n) is 7.01. The molecule has 0 unspecified atom stereocenters. The third kappa shape index (κ3) is 4.06. The summed E-state index contributed by atoms with van der Waals surface area (Å²) in [6.45, 7) is 7.79. The third-order valence-corrected chi connectivity index (χ3v) is 3.22. The second kappa shape index (κ2) is 5.74. The molecule has 1 heterocycles. The molecule has 5 nitrogen and oxygen atoms in total. The third-order valence-electron chi connectivity index (χ3n) is 3.22. The molecule has 1 aliphatic carbocycles. The van der Waals surface area contributed by atoms with Crippen LogP contribution in [0, 0.1) is 5.41 Å². The molecule has 0 bridgehead atoms. The van der Waals surface area contributed by atoms with E-state index in [9.17, 15) is 5.11 Å². The average Bonchev–Trinajstić information content (AvgIpc) is 3.21. The predicted octanol–water partition coefficient (Wildman–Crippen LogP) is 2.22. The van der Waals surface area contributed by atoms with Crippen LogP contribution >= 0.6 is 0 Å². The summed E-state index contributed by atoms with van der Waals surface area (Å²) >= 11 is 0. The van der Waals surface area contributed by atoms with Crippen LogP contribution in [0.4, 0.5) is 11.6 Å². The SMILES string of the molecule is CCNc1cc(NCC(C)(C)CO)nc(C2CC2)n1. The van der Waals surface area contributed by atoms with Crippen molar-refractivity contribution in [1.82, 2.24) is 9.97 Å². The van der Waals surface area contributed by atoms with Crippen LogP contribution < -0.4 is 10.6 Å². The molecule has 1 saturated carbocycles. The van der Waals surface area contributed by atoms with Crippen molar-refractivity contribution in [2.24, 2.45) is 5.41 Å². The molecule has 106 valence electrons. The Bertz CT molecular complexity index is 429. The molecule has 2 rings (SSSR count). The summed E-state index contributed by atoms with van der Waals surface area (Å²) in [5.74, 6) is 3.19. The van der Waals surface area contributed by atoms with E-state index in [1.165, 1.54) is 12.8 Å². The first-order valence-corrected chi connectivity index (χ1v) is 7.01. The minimum Gasteiger partial charge on any atom is -0.396 e. The van der Waals surface area contributed by atoms with Crippen LogP contribution in [0.1, 0.15) is 45.4 Å². The number of nitrogens with zero attached hydrogens (tertiary/aromatic N) is 2. The number of nitrogens with one attached hydrogen (secondary N) is 2. The quantitative estimate of drug-likeness (QED) is 0.704. The van der Waals surface area contributed by atoms with Gasteiger partial charge in [-0.3, -0.25) is 0 Å². The van der Waals surface area contributed by atoms with Crippen molar-refractivity contribution in [2.45, 2.75) is 39.5 Å². The van der Waals surface area contributed by atoms with Gasteiger partial charge in [-0.25, -0.2) is 9.97 Å². The van der Waals surface area contributed by atoms with E-state index >= 15 is 0 Å². The van der Waals surface area contributed by atoms with Gasteiger partial charge in [0.15, 0.2) is 0 Å². The minimum atomic E-state index is -0.150. The summed E-state index contributed by atoms with van der Waals surface area (Å²) in [5.41, 5.74) is -0.150.